The van der Waals surface area contributed by atoms with Crippen LogP contribution in [0.1, 0.15) is 32.6 Å². The van der Waals surface area contributed by atoms with Gasteiger partial charge in [-0.1, -0.05) is 31.9 Å². The van der Waals surface area contributed by atoms with E-state index in [1.165, 1.54) is 12.8 Å². The first-order chi connectivity index (χ1) is 6.69. The predicted molar refractivity (Wildman–Crippen MR) is 57.8 cm³/mol. The second kappa shape index (κ2) is 5.15. The molecule has 80 valence electrons. The van der Waals surface area contributed by atoms with E-state index < -0.39 is 0 Å². The lowest BCUT2D eigenvalue weighted by Crippen LogP contribution is -2.37. The van der Waals surface area contributed by atoms with Crippen molar-refractivity contribution in [3.05, 3.63) is 12.2 Å². The third-order valence-electron chi connectivity index (χ3n) is 2.94. The minimum atomic E-state index is -0.115. The zero-order valence-electron chi connectivity index (χ0n) is 8.88. The lowest BCUT2D eigenvalue weighted by atomic mass is 9.88. The summed E-state index contributed by atoms with van der Waals surface area (Å²) in [6.07, 6.45) is 8.18. The van der Waals surface area contributed by atoms with Crippen molar-refractivity contribution in [3.63, 3.8) is 0 Å². The fourth-order valence-corrected chi connectivity index (χ4v) is 1.93. The van der Waals surface area contributed by atoms with Gasteiger partial charge in [-0.25, -0.2) is 0 Å². The van der Waals surface area contributed by atoms with E-state index in [2.05, 4.69) is 12.2 Å². The van der Waals surface area contributed by atoms with E-state index in [4.69, 9.17) is 5.73 Å². The Morgan fingerprint density at radius 1 is 1.43 bits per heavy atom. The summed E-state index contributed by atoms with van der Waals surface area (Å²) < 4.78 is 0. The topological polar surface area (TPSA) is 55.1 Å². The summed E-state index contributed by atoms with van der Waals surface area (Å²) in [6, 6.07) is 0. The molecule has 0 saturated heterocycles. The van der Waals surface area contributed by atoms with Crippen LogP contribution in [0.25, 0.3) is 0 Å². The lowest BCUT2D eigenvalue weighted by molar-refractivity contribution is -0.129. The summed E-state index contributed by atoms with van der Waals surface area (Å²) in [5.74, 6) is 0.191. The monoisotopic (exact) mass is 196 g/mol. The Labute approximate surface area is 85.7 Å². The number of nitrogens with two attached hydrogens (primary N) is 1. The molecule has 1 aliphatic rings. The molecule has 0 spiro atoms. The highest BCUT2D eigenvalue weighted by Gasteiger charge is 2.35. The molecule has 0 unspecified atom stereocenters. The molecule has 1 rings (SSSR count). The molecule has 1 saturated carbocycles. The maximum Gasteiger partial charge on any atom is 0.226 e. The summed E-state index contributed by atoms with van der Waals surface area (Å²) >= 11 is 0. The minimum Gasteiger partial charge on any atom is -0.352 e. The second-order valence-corrected chi connectivity index (χ2v) is 4.18. The van der Waals surface area contributed by atoms with Crippen LogP contribution in [0.15, 0.2) is 12.2 Å². The number of amides is 1. The Kier molecular flexibility index (Phi) is 4.14. The fraction of sp³-hybridized carbons (Fsp3) is 0.727. The zero-order valence-corrected chi connectivity index (χ0v) is 8.88. The Bertz CT molecular complexity index is 217. The number of carbonyl (C=O) groups excluding carboxylic acids is 1. The molecule has 0 aromatic heterocycles. The van der Waals surface area contributed by atoms with Crippen LogP contribution >= 0.6 is 0 Å². The highest BCUT2D eigenvalue weighted by Crippen LogP contribution is 2.37. The summed E-state index contributed by atoms with van der Waals surface area (Å²) in [5, 5.41) is 2.92. The van der Waals surface area contributed by atoms with E-state index in [1.807, 2.05) is 12.2 Å². The van der Waals surface area contributed by atoms with Gasteiger partial charge in [-0.15, -0.1) is 0 Å². The summed E-state index contributed by atoms with van der Waals surface area (Å²) in [6.45, 7) is 3.20. The van der Waals surface area contributed by atoms with Crippen LogP contribution in [-0.4, -0.2) is 19.0 Å². The first kappa shape index (κ1) is 11.2. The number of hydrogen-bond acceptors (Lipinski definition) is 2. The van der Waals surface area contributed by atoms with Crippen LogP contribution in [0, 0.1) is 5.41 Å². The van der Waals surface area contributed by atoms with Gasteiger partial charge in [0, 0.05) is 18.5 Å². The molecule has 0 aromatic carbocycles. The van der Waals surface area contributed by atoms with Gasteiger partial charge in [-0.2, -0.15) is 0 Å². The first-order valence-corrected chi connectivity index (χ1v) is 5.32. The number of hydrogen-bond donors (Lipinski definition) is 2. The highest BCUT2D eigenvalue weighted by molar-refractivity contribution is 5.82. The molecule has 1 fully saturated rings. The molecule has 0 atom stereocenters. The van der Waals surface area contributed by atoms with E-state index in [-0.39, 0.29) is 11.3 Å². The van der Waals surface area contributed by atoms with Crippen molar-refractivity contribution >= 4 is 5.91 Å². The zero-order chi connectivity index (χ0) is 10.4. The minimum absolute atomic E-state index is 0.115. The Morgan fingerprint density at radius 2 is 2.07 bits per heavy atom. The predicted octanol–water partition coefficient (Wildman–Crippen LogP) is 1.20. The van der Waals surface area contributed by atoms with Gasteiger partial charge in [0.25, 0.3) is 0 Å². The summed E-state index contributed by atoms with van der Waals surface area (Å²) in [7, 11) is 0. The van der Waals surface area contributed by atoms with Crippen LogP contribution in [0.5, 0.6) is 0 Å². The molecular formula is C11H20N2O. The third kappa shape index (κ3) is 2.84. The summed E-state index contributed by atoms with van der Waals surface area (Å²) in [4.78, 5) is 11.8. The fourth-order valence-electron chi connectivity index (χ4n) is 1.93. The average Bonchev–Trinajstić information content (AvgIpc) is 2.61. The van der Waals surface area contributed by atoms with Crippen LogP contribution < -0.4 is 11.1 Å². The number of carbonyl (C=O) groups is 1. The normalized spacial score (nSPS) is 20.1. The third-order valence-corrected chi connectivity index (χ3v) is 2.94. The maximum absolute atomic E-state index is 11.8. The molecular weight excluding hydrogens is 176 g/mol. The molecule has 1 aliphatic carbocycles. The van der Waals surface area contributed by atoms with Gasteiger partial charge < -0.3 is 11.1 Å². The molecule has 14 heavy (non-hydrogen) atoms. The first-order valence-electron chi connectivity index (χ1n) is 5.32. The molecule has 0 radical (unpaired) electrons. The van der Waals surface area contributed by atoms with E-state index >= 15 is 0 Å². The van der Waals surface area contributed by atoms with Crippen molar-refractivity contribution in [2.75, 3.05) is 13.1 Å². The number of nitrogens with one attached hydrogen (secondary N) is 1. The van der Waals surface area contributed by atoms with Gasteiger partial charge >= 0.3 is 0 Å². The van der Waals surface area contributed by atoms with Gasteiger partial charge in [-0.05, 0) is 12.8 Å². The average molecular weight is 196 g/mol. The van der Waals surface area contributed by atoms with Crippen LogP contribution in [0.3, 0.4) is 0 Å². The van der Waals surface area contributed by atoms with Crippen molar-refractivity contribution in [2.45, 2.75) is 32.6 Å². The van der Waals surface area contributed by atoms with E-state index in [9.17, 15) is 4.79 Å². The van der Waals surface area contributed by atoms with Gasteiger partial charge in [-0.3, -0.25) is 4.79 Å². The Morgan fingerprint density at radius 3 is 2.64 bits per heavy atom. The van der Waals surface area contributed by atoms with Crippen LogP contribution in [-0.2, 0) is 4.79 Å². The molecule has 0 bridgehead atoms. The largest absolute Gasteiger partial charge is 0.352 e. The molecule has 0 aromatic rings. The smallest absolute Gasteiger partial charge is 0.226 e. The molecule has 1 amide bonds. The van der Waals surface area contributed by atoms with Crippen molar-refractivity contribution < 1.29 is 4.79 Å². The number of rotatable bonds is 4. The second-order valence-electron chi connectivity index (χ2n) is 4.18. The molecule has 3 N–H and O–H groups in total. The maximum atomic E-state index is 11.8. The highest BCUT2D eigenvalue weighted by atomic mass is 16.2. The van der Waals surface area contributed by atoms with Crippen LogP contribution in [0.2, 0.25) is 0 Å². The standard InChI is InChI=1S/C11H20N2O/c1-11(6-2-3-7-11)10(14)13-9-5-4-8-12/h4-5H,2-3,6-9,12H2,1H3,(H,13,14)/b5-4+. The molecule has 3 heteroatoms. The van der Waals surface area contributed by atoms with E-state index in [1.54, 1.807) is 0 Å². The lowest BCUT2D eigenvalue weighted by Gasteiger charge is -2.21. The SMILES string of the molecule is CC1(C(=O)NC/C=C/CN)CCCC1. The molecule has 0 aliphatic heterocycles. The van der Waals surface area contributed by atoms with Crippen molar-refractivity contribution in [1.29, 1.82) is 0 Å². The quantitative estimate of drug-likeness (QED) is 0.664. The van der Waals surface area contributed by atoms with E-state index in [0.29, 0.717) is 13.1 Å². The summed E-state index contributed by atoms with van der Waals surface area (Å²) in [5.41, 5.74) is 5.18. The van der Waals surface area contributed by atoms with Gasteiger partial charge in [0.2, 0.25) is 5.91 Å². The van der Waals surface area contributed by atoms with Gasteiger partial charge in [0.1, 0.15) is 0 Å². The van der Waals surface area contributed by atoms with Crippen molar-refractivity contribution in [2.24, 2.45) is 11.1 Å². The van der Waals surface area contributed by atoms with Gasteiger partial charge in [0.15, 0.2) is 0 Å². The van der Waals surface area contributed by atoms with Gasteiger partial charge in [0.05, 0.1) is 0 Å². The van der Waals surface area contributed by atoms with E-state index in [0.717, 1.165) is 12.8 Å². The molecule has 3 nitrogen and oxygen atoms in total. The van der Waals surface area contributed by atoms with Crippen LogP contribution in [0.4, 0.5) is 0 Å². The molecule has 0 heterocycles. The Balaban J connectivity index is 2.30. The van der Waals surface area contributed by atoms with Crippen molar-refractivity contribution in [1.82, 2.24) is 5.32 Å². The Hall–Kier alpha value is -0.830. The van der Waals surface area contributed by atoms with Crippen molar-refractivity contribution in [3.8, 4) is 0 Å².